The minimum absolute atomic E-state index is 0.256. The van der Waals surface area contributed by atoms with Crippen LogP contribution in [0.1, 0.15) is 32.4 Å². The maximum absolute atomic E-state index is 12.2. The minimum Gasteiger partial charge on any atom is -0.465 e. The molecule has 0 radical (unpaired) electrons. The SMILES string of the molecule is CCCCOC(=O)[C@H]1CC(n2cnc3c(N)ncnc32)O[C@@H]1CO. The van der Waals surface area contributed by atoms with E-state index in [4.69, 9.17) is 15.2 Å². The van der Waals surface area contributed by atoms with E-state index >= 15 is 0 Å². The van der Waals surface area contributed by atoms with Gasteiger partial charge in [-0.1, -0.05) is 13.3 Å². The van der Waals surface area contributed by atoms with E-state index < -0.39 is 18.2 Å². The average molecular weight is 335 g/mol. The minimum atomic E-state index is -0.610. The number of nitrogens with two attached hydrogens (primary N) is 1. The van der Waals surface area contributed by atoms with Crippen molar-refractivity contribution in [3.8, 4) is 0 Å². The maximum atomic E-state index is 12.2. The molecule has 3 heterocycles. The molecule has 0 amide bonds. The van der Waals surface area contributed by atoms with E-state index in [-0.39, 0.29) is 18.4 Å². The van der Waals surface area contributed by atoms with E-state index in [2.05, 4.69) is 15.0 Å². The lowest BCUT2D eigenvalue weighted by Crippen LogP contribution is -2.29. The maximum Gasteiger partial charge on any atom is 0.311 e. The first-order valence-corrected chi connectivity index (χ1v) is 8.01. The van der Waals surface area contributed by atoms with Gasteiger partial charge in [0.15, 0.2) is 11.5 Å². The third kappa shape index (κ3) is 3.04. The second kappa shape index (κ2) is 7.10. The summed E-state index contributed by atoms with van der Waals surface area (Å²) in [4.78, 5) is 24.5. The number of carbonyl (C=O) groups is 1. The Morgan fingerprint density at radius 2 is 2.33 bits per heavy atom. The highest BCUT2D eigenvalue weighted by molar-refractivity contribution is 5.81. The third-order valence-electron chi connectivity index (χ3n) is 4.16. The smallest absolute Gasteiger partial charge is 0.311 e. The number of aromatic nitrogens is 4. The van der Waals surface area contributed by atoms with E-state index in [9.17, 15) is 9.90 Å². The molecule has 0 aromatic carbocycles. The molecule has 2 aromatic rings. The van der Waals surface area contributed by atoms with Gasteiger partial charge in [0.2, 0.25) is 0 Å². The first-order chi connectivity index (χ1) is 11.7. The molecule has 3 N–H and O–H groups in total. The van der Waals surface area contributed by atoms with Crippen LogP contribution in [-0.2, 0) is 14.3 Å². The first kappa shape index (κ1) is 16.6. The normalized spacial score (nSPS) is 23.7. The summed E-state index contributed by atoms with van der Waals surface area (Å²) in [5.74, 6) is -0.581. The summed E-state index contributed by atoms with van der Waals surface area (Å²) >= 11 is 0. The van der Waals surface area contributed by atoms with E-state index in [0.29, 0.717) is 24.2 Å². The van der Waals surface area contributed by atoms with Gasteiger partial charge in [0.25, 0.3) is 0 Å². The molecule has 0 bridgehead atoms. The Kier molecular flexibility index (Phi) is 4.91. The average Bonchev–Trinajstić information content (AvgIpc) is 3.19. The van der Waals surface area contributed by atoms with Crippen molar-refractivity contribution in [1.29, 1.82) is 0 Å². The number of carbonyl (C=O) groups excluding carboxylic acids is 1. The molecule has 9 nitrogen and oxygen atoms in total. The lowest BCUT2D eigenvalue weighted by Gasteiger charge is -2.15. The molecule has 3 rings (SSSR count). The number of hydrogen-bond acceptors (Lipinski definition) is 8. The van der Waals surface area contributed by atoms with Gasteiger partial charge in [-0.25, -0.2) is 15.0 Å². The van der Waals surface area contributed by atoms with E-state index in [1.165, 1.54) is 6.33 Å². The Labute approximate surface area is 138 Å². The number of aliphatic hydroxyl groups is 1. The summed E-state index contributed by atoms with van der Waals surface area (Å²) < 4.78 is 12.8. The van der Waals surface area contributed by atoms with Crippen molar-refractivity contribution in [3.63, 3.8) is 0 Å². The topological polar surface area (TPSA) is 125 Å². The second-order valence-electron chi connectivity index (χ2n) is 5.76. The summed E-state index contributed by atoms with van der Waals surface area (Å²) in [5.41, 5.74) is 6.80. The molecule has 0 aliphatic carbocycles. The molecule has 9 heteroatoms. The van der Waals surface area contributed by atoms with Crippen molar-refractivity contribution in [2.45, 2.75) is 38.5 Å². The van der Waals surface area contributed by atoms with Crippen molar-refractivity contribution in [3.05, 3.63) is 12.7 Å². The summed E-state index contributed by atoms with van der Waals surface area (Å²) in [6, 6.07) is 0. The number of ether oxygens (including phenoxy) is 2. The van der Waals surface area contributed by atoms with Crippen LogP contribution in [0.4, 0.5) is 5.82 Å². The van der Waals surface area contributed by atoms with Crippen molar-refractivity contribution in [2.75, 3.05) is 18.9 Å². The van der Waals surface area contributed by atoms with Gasteiger partial charge in [-0.2, -0.15) is 0 Å². The van der Waals surface area contributed by atoms with E-state index in [1.54, 1.807) is 10.9 Å². The Balaban J connectivity index is 1.78. The largest absolute Gasteiger partial charge is 0.465 e. The number of esters is 1. The highest BCUT2D eigenvalue weighted by Gasteiger charge is 2.41. The molecule has 1 fully saturated rings. The summed E-state index contributed by atoms with van der Waals surface area (Å²) in [5, 5.41) is 9.53. The number of nitrogen functional groups attached to an aromatic ring is 1. The van der Waals surface area contributed by atoms with Crippen LogP contribution in [0.2, 0.25) is 0 Å². The Morgan fingerprint density at radius 1 is 1.50 bits per heavy atom. The molecule has 130 valence electrons. The third-order valence-corrected chi connectivity index (χ3v) is 4.16. The van der Waals surface area contributed by atoms with E-state index in [0.717, 1.165) is 12.8 Å². The number of imidazole rings is 1. The van der Waals surface area contributed by atoms with Gasteiger partial charge in [0.05, 0.1) is 31.6 Å². The molecular formula is C15H21N5O4. The molecule has 1 aliphatic rings. The fourth-order valence-electron chi connectivity index (χ4n) is 2.82. The van der Waals surface area contributed by atoms with Crippen LogP contribution < -0.4 is 5.73 Å². The van der Waals surface area contributed by atoms with Crippen LogP contribution >= 0.6 is 0 Å². The van der Waals surface area contributed by atoms with Crippen LogP contribution in [0.25, 0.3) is 11.2 Å². The highest BCUT2D eigenvalue weighted by Crippen LogP contribution is 2.35. The quantitative estimate of drug-likeness (QED) is 0.582. The predicted octanol–water partition coefficient (Wildman–Crippen LogP) is 0.648. The molecule has 1 unspecified atom stereocenters. The van der Waals surface area contributed by atoms with Crippen LogP contribution in [0, 0.1) is 5.92 Å². The molecule has 0 saturated carbocycles. The molecule has 1 saturated heterocycles. The van der Waals surface area contributed by atoms with Crippen molar-refractivity contribution < 1.29 is 19.4 Å². The summed E-state index contributed by atoms with van der Waals surface area (Å²) in [6.07, 6.45) is 3.97. The second-order valence-corrected chi connectivity index (χ2v) is 5.76. The number of fused-ring (bicyclic) bond motifs is 1. The zero-order chi connectivity index (χ0) is 17.1. The molecule has 24 heavy (non-hydrogen) atoms. The van der Waals surface area contributed by atoms with E-state index in [1.807, 2.05) is 6.92 Å². The van der Waals surface area contributed by atoms with Gasteiger partial charge in [0.1, 0.15) is 18.1 Å². The monoisotopic (exact) mass is 335 g/mol. The van der Waals surface area contributed by atoms with Gasteiger partial charge in [0, 0.05) is 6.42 Å². The Hall–Kier alpha value is -2.26. The fourth-order valence-corrected chi connectivity index (χ4v) is 2.82. The molecule has 0 spiro atoms. The molecule has 1 aliphatic heterocycles. The molecule has 2 aromatic heterocycles. The lowest BCUT2D eigenvalue weighted by atomic mass is 10.0. The van der Waals surface area contributed by atoms with Gasteiger partial charge in [-0.05, 0) is 6.42 Å². The highest BCUT2D eigenvalue weighted by atomic mass is 16.6. The van der Waals surface area contributed by atoms with Gasteiger partial charge < -0.3 is 20.3 Å². The zero-order valence-corrected chi connectivity index (χ0v) is 13.5. The molecular weight excluding hydrogens is 314 g/mol. The molecule has 3 atom stereocenters. The Bertz CT molecular complexity index is 719. The number of unbranched alkanes of at least 4 members (excludes halogenated alkanes) is 1. The van der Waals surface area contributed by atoms with Crippen molar-refractivity contribution >= 4 is 23.0 Å². The van der Waals surface area contributed by atoms with Crippen molar-refractivity contribution in [2.24, 2.45) is 5.92 Å². The first-order valence-electron chi connectivity index (χ1n) is 8.01. The summed E-state index contributed by atoms with van der Waals surface area (Å²) in [7, 11) is 0. The number of rotatable bonds is 6. The number of nitrogens with zero attached hydrogens (tertiary/aromatic N) is 4. The predicted molar refractivity (Wildman–Crippen MR) is 84.7 cm³/mol. The zero-order valence-electron chi connectivity index (χ0n) is 13.5. The van der Waals surface area contributed by atoms with Crippen LogP contribution in [0.5, 0.6) is 0 Å². The van der Waals surface area contributed by atoms with Gasteiger partial charge >= 0.3 is 5.97 Å². The number of aliphatic hydroxyl groups excluding tert-OH is 1. The van der Waals surface area contributed by atoms with Crippen LogP contribution in [-0.4, -0.2) is 49.9 Å². The van der Waals surface area contributed by atoms with Gasteiger partial charge in [-0.15, -0.1) is 0 Å². The lowest BCUT2D eigenvalue weighted by molar-refractivity contribution is -0.151. The Morgan fingerprint density at radius 3 is 3.08 bits per heavy atom. The summed E-state index contributed by atoms with van der Waals surface area (Å²) in [6.45, 7) is 2.15. The number of hydrogen-bond donors (Lipinski definition) is 2. The standard InChI is InChI=1S/C15H21N5O4/c1-2-3-4-23-15(22)9-5-11(24-10(9)6-21)20-8-19-12-13(16)17-7-18-14(12)20/h7-11,21H,2-6H2,1H3,(H2,16,17,18)/t9-,10+,11?/m0/s1. The number of anilines is 1. The van der Waals surface area contributed by atoms with Crippen molar-refractivity contribution in [1.82, 2.24) is 19.5 Å². The van der Waals surface area contributed by atoms with Crippen LogP contribution in [0.3, 0.4) is 0 Å². The van der Waals surface area contributed by atoms with Crippen LogP contribution in [0.15, 0.2) is 12.7 Å². The fraction of sp³-hybridized carbons (Fsp3) is 0.600. The van der Waals surface area contributed by atoms with Gasteiger partial charge in [-0.3, -0.25) is 9.36 Å².